The predicted octanol–water partition coefficient (Wildman–Crippen LogP) is 2.57. The van der Waals surface area contributed by atoms with Crippen LogP contribution >= 0.6 is 11.3 Å². The number of nitrogens with zero attached hydrogens (tertiary/aromatic N) is 2. The molecule has 0 N–H and O–H groups in total. The quantitative estimate of drug-likeness (QED) is 0.853. The minimum atomic E-state index is -0.238. The summed E-state index contributed by atoms with van der Waals surface area (Å²) in [7, 11) is 2.22. The van der Waals surface area contributed by atoms with Crippen molar-refractivity contribution in [1.82, 2.24) is 9.88 Å². The van der Waals surface area contributed by atoms with Crippen LogP contribution in [0.3, 0.4) is 0 Å². The van der Waals surface area contributed by atoms with Gasteiger partial charge < -0.3 is 9.47 Å². The van der Waals surface area contributed by atoms with Crippen LogP contribution in [-0.2, 0) is 16.0 Å². The van der Waals surface area contributed by atoms with Gasteiger partial charge in [0.05, 0.1) is 18.2 Å². The second-order valence-electron chi connectivity index (χ2n) is 5.60. The average Bonchev–Trinajstić information content (AvgIpc) is 3.00. The molecule has 1 aliphatic heterocycles. The molecule has 5 heteroatoms. The van der Waals surface area contributed by atoms with Gasteiger partial charge in [-0.2, -0.15) is 0 Å². The Labute approximate surface area is 118 Å². The summed E-state index contributed by atoms with van der Waals surface area (Å²) in [5.41, 5.74) is 0. The van der Waals surface area contributed by atoms with E-state index in [1.165, 1.54) is 4.88 Å². The number of hydrogen-bond acceptors (Lipinski definition) is 5. The largest absolute Gasteiger partial charge is 0.348 e. The Kier molecular flexibility index (Phi) is 3.89. The molecular formula is C14H22N2O2S. The number of rotatable bonds is 3. The van der Waals surface area contributed by atoms with Crippen molar-refractivity contribution in [3.63, 3.8) is 0 Å². The van der Waals surface area contributed by atoms with Crippen molar-refractivity contribution in [2.24, 2.45) is 0 Å². The number of aromatic nitrogens is 1. The summed E-state index contributed by atoms with van der Waals surface area (Å²) < 4.78 is 11.6. The van der Waals surface area contributed by atoms with E-state index in [1.54, 1.807) is 11.3 Å². The Bertz CT molecular complexity index is 419. The van der Waals surface area contributed by atoms with Crippen LogP contribution in [0.15, 0.2) is 6.20 Å². The summed E-state index contributed by atoms with van der Waals surface area (Å²) in [5, 5.41) is 1.15. The van der Waals surface area contributed by atoms with Crippen molar-refractivity contribution in [2.45, 2.75) is 51.0 Å². The van der Waals surface area contributed by atoms with Gasteiger partial charge in [0, 0.05) is 36.5 Å². The standard InChI is InChI=1S/C14H22N2O2S/c1-11-15-9-13(19-11)10-16(2)12-3-5-14(6-4-12)17-7-8-18-14/h9,12H,3-8,10H2,1-2H3. The van der Waals surface area contributed by atoms with Gasteiger partial charge in [0.2, 0.25) is 0 Å². The fourth-order valence-electron chi connectivity index (χ4n) is 3.12. The van der Waals surface area contributed by atoms with Crippen molar-refractivity contribution in [3.8, 4) is 0 Å². The van der Waals surface area contributed by atoms with Gasteiger partial charge in [0.25, 0.3) is 0 Å². The Balaban J connectivity index is 1.53. The molecule has 106 valence electrons. The van der Waals surface area contributed by atoms with Crippen LogP contribution in [0.5, 0.6) is 0 Å². The highest BCUT2D eigenvalue weighted by atomic mass is 32.1. The van der Waals surface area contributed by atoms with Gasteiger partial charge in [-0.25, -0.2) is 4.98 Å². The van der Waals surface area contributed by atoms with Crippen LogP contribution in [0, 0.1) is 6.92 Å². The Morgan fingerprint density at radius 3 is 2.63 bits per heavy atom. The maximum Gasteiger partial charge on any atom is 0.168 e. The molecule has 1 aromatic heterocycles. The molecule has 1 aliphatic carbocycles. The SMILES string of the molecule is Cc1ncc(CN(C)C2CCC3(CC2)OCCO3)s1. The minimum absolute atomic E-state index is 0.238. The molecule has 1 spiro atoms. The van der Waals surface area contributed by atoms with Crippen molar-refractivity contribution in [1.29, 1.82) is 0 Å². The lowest BCUT2D eigenvalue weighted by molar-refractivity contribution is -0.183. The maximum absolute atomic E-state index is 5.78. The van der Waals surface area contributed by atoms with Gasteiger partial charge in [-0.05, 0) is 26.8 Å². The third-order valence-corrected chi connectivity index (χ3v) is 5.13. The summed E-state index contributed by atoms with van der Waals surface area (Å²) in [6.45, 7) is 4.60. The molecule has 2 aliphatic rings. The fraction of sp³-hybridized carbons (Fsp3) is 0.786. The van der Waals surface area contributed by atoms with E-state index in [9.17, 15) is 0 Å². The van der Waals surface area contributed by atoms with E-state index in [2.05, 4.69) is 23.9 Å². The second kappa shape index (κ2) is 5.48. The van der Waals surface area contributed by atoms with Crippen LogP contribution in [0.25, 0.3) is 0 Å². The van der Waals surface area contributed by atoms with Crippen LogP contribution in [0.2, 0.25) is 0 Å². The molecule has 2 heterocycles. The lowest BCUT2D eigenvalue weighted by atomic mass is 9.89. The molecule has 0 radical (unpaired) electrons. The fourth-order valence-corrected chi connectivity index (χ4v) is 3.98. The number of aryl methyl sites for hydroxylation is 1. The van der Waals surface area contributed by atoms with Gasteiger partial charge in [0.15, 0.2) is 5.79 Å². The van der Waals surface area contributed by atoms with Crippen molar-refractivity contribution in [3.05, 3.63) is 16.1 Å². The molecule has 0 atom stereocenters. The first-order chi connectivity index (χ1) is 9.17. The van der Waals surface area contributed by atoms with E-state index < -0.39 is 0 Å². The molecular weight excluding hydrogens is 260 g/mol. The summed E-state index contributed by atoms with van der Waals surface area (Å²) in [4.78, 5) is 8.13. The highest BCUT2D eigenvalue weighted by Crippen LogP contribution is 2.37. The van der Waals surface area contributed by atoms with E-state index >= 15 is 0 Å². The number of thiazole rings is 1. The first-order valence-electron chi connectivity index (χ1n) is 7.06. The van der Waals surface area contributed by atoms with Gasteiger partial charge in [0.1, 0.15) is 0 Å². The molecule has 3 rings (SSSR count). The average molecular weight is 282 g/mol. The number of ether oxygens (including phenoxy) is 2. The summed E-state index contributed by atoms with van der Waals surface area (Å²) in [6.07, 6.45) is 6.39. The van der Waals surface area contributed by atoms with Crippen molar-refractivity contribution in [2.75, 3.05) is 20.3 Å². The van der Waals surface area contributed by atoms with E-state index in [4.69, 9.17) is 9.47 Å². The normalized spacial score (nSPS) is 23.5. The van der Waals surface area contributed by atoms with Gasteiger partial charge >= 0.3 is 0 Å². The molecule has 0 amide bonds. The summed E-state index contributed by atoms with van der Waals surface area (Å²) in [5.74, 6) is -0.238. The third-order valence-electron chi connectivity index (χ3n) is 4.23. The maximum atomic E-state index is 5.78. The van der Waals surface area contributed by atoms with Crippen LogP contribution in [0.1, 0.15) is 35.6 Å². The number of hydrogen-bond donors (Lipinski definition) is 0. The van der Waals surface area contributed by atoms with Gasteiger partial charge in [-0.3, -0.25) is 4.90 Å². The van der Waals surface area contributed by atoms with E-state index in [0.717, 1.165) is 50.4 Å². The Hall–Kier alpha value is -0.490. The van der Waals surface area contributed by atoms with Gasteiger partial charge in [-0.15, -0.1) is 11.3 Å². The molecule has 1 aromatic rings. The zero-order valence-corrected chi connectivity index (χ0v) is 12.5. The molecule has 0 aromatic carbocycles. The summed E-state index contributed by atoms with van der Waals surface area (Å²) >= 11 is 1.80. The zero-order valence-electron chi connectivity index (χ0n) is 11.7. The molecule has 19 heavy (non-hydrogen) atoms. The monoisotopic (exact) mass is 282 g/mol. The smallest absolute Gasteiger partial charge is 0.168 e. The lowest BCUT2D eigenvalue weighted by Crippen LogP contribution is -2.42. The molecule has 1 saturated carbocycles. The third kappa shape index (κ3) is 2.99. The van der Waals surface area contributed by atoms with Crippen LogP contribution in [0.4, 0.5) is 0 Å². The topological polar surface area (TPSA) is 34.6 Å². The zero-order chi connectivity index (χ0) is 13.3. The molecule has 1 saturated heterocycles. The minimum Gasteiger partial charge on any atom is -0.348 e. The highest BCUT2D eigenvalue weighted by Gasteiger charge is 2.40. The predicted molar refractivity (Wildman–Crippen MR) is 75.2 cm³/mol. The van der Waals surface area contributed by atoms with E-state index in [1.807, 2.05) is 6.20 Å². The lowest BCUT2D eigenvalue weighted by Gasteiger charge is -2.38. The van der Waals surface area contributed by atoms with Gasteiger partial charge in [-0.1, -0.05) is 0 Å². The second-order valence-corrected chi connectivity index (χ2v) is 6.92. The summed E-state index contributed by atoms with van der Waals surface area (Å²) in [6, 6.07) is 0.640. The highest BCUT2D eigenvalue weighted by molar-refractivity contribution is 7.11. The van der Waals surface area contributed by atoms with Crippen molar-refractivity contribution < 1.29 is 9.47 Å². The molecule has 0 bridgehead atoms. The Morgan fingerprint density at radius 1 is 1.37 bits per heavy atom. The molecule has 0 unspecified atom stereocenters. The van der Waals surface area contributed by atoms with E-state index in [-0.39, 0.29) is 5.79 Å². The van der Waals surface area contributed by atoms with Crippen LogP contribution in [-0.4, -0.2) is 42.0 Å². The van der Waals surface area contributed by atoms with E-state index in [0.29, 0.717) is 6.04 Å². The first-order valence-corrected chi connectivity index (χ1v) is 7.88. The first kappa shape index (κ1) is 13.5. The Morgan fingerprint density at radius 2 is 2.05 bits per heavy atom. The molecule has 2 fully saturated rings. The molecule has 4 nitrogen and oxygen atoms in total. The van der Waals surface area contributed by atoms with Crippen LogP contribution < -0.4 is 0 Å². The van der Waals surface area contributed by atoms with Crippen molar-refractivity contribution >= 4 is 11.3 Å².